The quantitative estimate of drug-likeness (QED) is 0.832. The Bertz CT molecular complexity index is 341. The molecule has 1 atom stereocenters. The molecule has 0 bridgehead atoms. The molecule has 0 saturated heterocycles. The summed E-state index contributed by atoms with van der Waals surface area (Å²) in [4.78, 5) is 11.5. The Morgan fingerprint density at radius 3 is 2.47 bits per heavy atom. The van der Waals surface area contributed by atoms with Crippen LogP contribution in [0.1, 0.15) is 12.5 Å². The monoisotopic (exact) mass is 258 g/mol. The van der Waals surface area contributed by atoms with Gasteiger partial charge in [0.2, 0.25) is 5.91 Å². The highest BCUT2D eigenvalue weighted by Crippen LogP contribution is 2.11. The van der Waals surface area contributed by atoms with Crippen molar-refractivity contribution < 1.29 is 9.53 Å². The zero-order valence-electron chi connectivity index (χ0n) is 10.1. The first-order valence-electron chi connectivity index (χ1n) is 5.28. The number of ether oxygens (including phenoxy) is 1. The number of hydrogen-bond acceptors (Lipinski definition) is 3. The molecule has 1 aromatic rings. The molecule has 1 aromatic carbocycles. The second-order valence-electron chi connectivity index (χ2n) is 3.73. The van der Waals surface area contributed by atoms with E-state index in [0.717, 1.165) is 11.3 Å². The van der Waals surface area contributed by atoms with Crippen LogP contribution in [0.4, 0.5) is 0 Å². The van der Waals surface area contributed by atoms with Crippen molar-refractivity contribution in [2.75, 3.05) is 13.7 Å². The van der Waals surface area contributed by atoms with Crippen molar-refractivity contribution >= 4 is 18.3 Å². The average Bonchev–Trinajstić information content (AvgIpc) is 2.29. The van der Waals surface area contributed by atoms with Gasteiger partial charge in [0.25, 0.3) is 0 Å². The van der Waals surface area contributed by atoms with Crippen molar-refractivity contribution in [2.45, 2.75) is 19.4 Å². The van der Waals surface area contributed by atoms with Crippen molar-refractivity contribution in [2.24, 2.45) is 5.73 Å². The number of carbonyl (C=O) groups is 1. The minimum Gasteiger partial charge on any atom is -0.497 e. The Morgan fingerprint density at radius 2 is 2.00 bits per heavy atom. The third-order valence-corrected chi connectivity index (χ3v) is 2.28. The predicted molar refractivity (Wildman–Crippen MR) is 70.6 cm³/mol. The molecule has 0 aliphatic heterocycles. The molecule has 17 heavy (non-hydrogen) atoms. The molecular formula is C12H19ClN2O2. The van der Waals surface area contributed by atoms with E-state index in [0.29, 0.717) is 13.0 Å². The Kier molecular flexibility index (Phi) is 7.34. The molecule has 1 amide bonds. The van der Waals surface area contributed by atoms with E-state index in [1.54, 1.807) is 7.11 Å². The summed E-state index contributed by atoms with van der Waals surface area (Å²) < 4.78 is 5.04. The van der Waals surface area contributed by atoms with Crippen molar-refractivity contribution in [1.82, 2.24) is 5.32 Å². The normalized spacial score (nSPS) is 11.2. The summed E-state index contributed by atoms with van der Waals surface area (Å²) in [7, 11) is 1.62. The Morgan fingerprint density at radius 1 is 1.41 bits per heavy atom. The molecule has 0 heterocycles. The number of halogens is 1. The molecule has 0 radical (unpaired) electrons. The van der Waals surface area contributed by atoms with E-state index in [1.165, 1.54) is 0 Å². The highest BCUT2D eigenvalue weighted by atomic mass is 35.5. The van der Waals surface area contributed by atoms with E-state index in [2.05, 4.69) is 5.32 Å². The summed E-state index contributed by atoms with van der Waals surface area (Å²) >= 11 is 0. The maximum atomic E-state index is 11.5. The van der Waals surface area contributed by atoms with Crippen LogP contribution in [-0.2, 0) is 11.2 Å². The number of nitrogens with two attached hydrogens (primary N) is 1. The van der Waals surface area contributed by atoms with Gasteiger partial charge in [0.05, 0.1) is 13.5 Å². The number of rotatable bonds is 5. The fourth-order valence-corrected chi connectivity index (χ4v) is 1.31. The Balaban J connectivity index is 0.00000256. The van der Waals surface area contributed by atoms with Crippen molar-refractivity contribution in [3.63, 3.8) is 0 Å². The van der Waals surface area contributed by atoms with Gasteiger partial charge in [0.15, 0.2) is 0 Å². The largest absolute Gasteiger partial charge is 0.497 e. The first-order chi connectivity index (χ1) is 7.65. The van der Waals surface area contributed by atoms with Crippen LogP contribution in [0.25, 0.3) is 0 Å². The van der Waals surface area contributed by atoms with E-state index < -0.39 is 0 Å². The van der Waals surface area contributed by atoms with Crippen LogP contribution in [-0.4, -0.2) is 25.6 Å². The Labute approximate surface area is 108 Å². The summed E-state index contributed by atoms with van der Waals surface area (Å²) in [5.41, 5.74) is 6.38. The molecule has 96 valence electrons. The summed E-state index contributed by atoms with van der Waals surface area (Å²) in [5, 5.41) is 2.81. The summed E-state index contributed by atoms with van der Waals surface area (Å²) in [6, 6.07) is 7.46. The third kappa shape index (κ3) is 5.56. The van der Waals surface area contributed by atoms with Crippen molar-refractivity contribution in [3.05, 3.63) is 29.8 Å². The number of benzene rings is 1. The van der Waals surface area contributed by atoms with Crippen LogP contribution < -0.4 is 15.8 Å². The lowest BCUT2D eigenvalue weighted by Gasteiger charge is -2.11. The van der Waals surface area contributed by atoms with Gasteiger partial charge in [-0.2, -0.15) is 0 Å². The topological polar surface area (TPSA) is 64.3 Å². The lowest BCUT2D eigenvalue weighted by molar-refractivity contribution is -0.120. The van der Waals surface area contributed by atoms with E-state index in [4.69, 9.17) is 10.5 Å². The minimum absolute atomic E-state index is 0. The van der Waals surface area contributed by atoms with E-state index in [9.17, 15) is 4.79 Å². The zero-order valence-corrected chi connectivity index (χ0v) is 10.9. The third-order valence-electron chi connectivity index (χ3n) is 2.28. The molecular weight excluding hydrogens is 240 g/mol. The molecule has 1 rings (SSSR count). The predicted octanol–water partition coefficient (Wildman–Crippen LogP) is 1.12. The second kappa shape index (κ2) is 7.92. The maximum absolute atomic E-state index is 11.5. The van der Waals surface area contributed by atoms with Gasteiger partial charge in [-0.25, -0.2) is 0 Å². The fraction of sp³-hybridized carbons (Fsp3) is 0.417. The molecule has 0 aromatic heterocycles. The SMILES string of the molecule is COc1ccc(CC(=O)N[C@@H](C)CN)cc1.Cl. The molecule has 0 unspecified atom stereocenters. The zero-order chi connectivity index (χ0) is 12.0. The van der Waals surface area contributed by atoms with Gasteiger partial charge >= 0.3 is 0 Å². The molecule has 4 nitrogen and oxygen atoms in total. The minimum atomic E-state index is -0.0110. The molecule has 0 spiro atoms. The number of hydrogen-bond donors (Lipinski definition) is 2. The number of nitrogens with one attached hydrogen (secondary N) is 1. The van der Waals surface area contributed by atoms with Crippen LogP contribution >= 0.6 is 12.4 Å². The first kappa shape index (κ1) is 15.7. The second-order valence-corrected chi connectivity index (χ2v) is 3.73. The van der Waals surface area contributed by atoms with E-state index in [-0.39, 0.29) is 24.4 Å². The standard InChI is InChI=1S/C12H18N2O2.ClH/c1-9(8-13)14-12(15)7-10-3-5-11(16-2)6-4-10;/h3-6,9H,7-8,13H2,1-2H3,(H,14,15);1H/t9-;/m0./s1. The van der Waals surface area contributed by atoms with Crippen molar-refractivity contribution in [3.8, 4) is 5.75 Å². The smallest absolute Gasteiger partial charge is 0.224 e. The van der Waals surface area contributed by atoms with Gasteiger partial charge in [0.1, 0.15) is 5.75 Å². The number of amides is 1. The molecule has 0 fully saturated rings. The van der Waals surface area contributed by atoms with Crippen molar-refractivity contribution in [1.29, 1.82) is 0 Å². The maximum Gasteiger partial charge on any atom is 0.224 e. The van der Waals surface area contributed by atoms with Gasteiger partial charge in [-0.15, -0.1) is 12.4 Å². The molecule has 0 saturated carbocycles. The van der Waals surface area contributed by atoms with Gasteiger partial charge in [-0.05, 0) is 24.6 Å². The van der Waals surface area contributed by atoms with E-state index >= 15 is 0 Å². The highest BCUT2D eigenvalue weighted by Gasteiger charge is 2.06. The van der Waals surface area contributed by atoms with Gasteiger partial charge < -0.3 is 15.8 Å². The van der Waals surface area contributed by atoms with Gasteiger partial charge in [-0.3, -0.25) is 4.79 Å². The van der Waals surface area contributed by atoms with Crippen LogP contribution in [0.2, 0.25) is 0 Å². The molecule has 0 aliphatic rings. The van der Waals surface area contributed by atoms with Crippen LogP contribution in [0.3, 0.4) is 0 Å². The van der Waals surface area contributed by atoms with Crippen LogP contribution in [0.15, 0.2) is 24.3 Å². The highest BCUT2D eigenvalue weighted by molar-refractivity contribution is 5.85. The fourth-order valence-electron chi connectivity index (χ4n) is 1.31. The summed E-state index contributed by atoms with van der Waals surface area (Å²) in [6.45, 7) is 2.33. The van der Waals surface area contributed by atoms with Crippen LogP contribution in [0.5, 0.6) is 5.75 Å². The van der Waals surface area contributed by atoms with Gasteiger partial charge in [-0.1, -0.05) is 12.1 Å². The summed E-state index contributed by atoms with van der Waals surface area (Å²) in [5.74, 6) is 0.780. The lowest BCUT2D eigenvalue weighted by Crippen LogP contribution is -2.38. The van der Waals surface area contributed by atoms with Crippen LogP contribution in [0, 0.1) is 0 Å². The number of carbonyl (C=O) groups excluding carboxylic acids is 1. The molecule has 5 heteroatoms. The average molecular weight is 259 g/mol. The van der Waals surface area contributed by atoms with Gasteiger partial charge in [0, 0.05) is 12.6 Å². The number of methoxy groups -OCH3 is 1. The first-order valence-corrected chi connectivity index (χ1v) is 5.28. The molecule has 0 aliphatic carbocycles. The Hall–Kier alpha value is -1.26. The van der Waals surface area contributed by atoms with E-state index in [1.807, 2.05) is 31.2 Å². The lowest BCUT2D eigenvalue weighted by atomic mass is 10.1. The molecule has 3 N–H and O–H groups in total. The summed E-state index contributed by atoms with van der Waals surface area (Å²) in [6.07, 6.45) is 0.369.